The van der Waals surface area contributed by atoms with E-state index in [0.29, 0.717) is 19.4 Å². The molecule has 236 valence electrons. The van der Waals surface area contributed by atoms with Gasteiger partial charge in [-0.2, -0.15) is 0 Å². The minimum Gasteiger partial charge on any atom is -0.456 e. The zero-order valence-electron chi connectivity index (χ0n) is 22.7. The first kappa shape index (κ1) is 31.6. The van der Waals surface area contributed by atoms with Crippen LogP contribution in [-0.4, -0.2) is 106 Å². The molecule has 9 unspecified atom stereocenters. The highest BCUT2D eigenvalue weighted by Crippen LogP contribution is 2.36. The van der Waals surface area contributed by atoms with Gasteiger partial charge in [0.2, 0.25) is 18.1 Å². The highest BCUT2D eigenvalue weighted by Gasteiger charge is 2.54. The van der Waals surface area contributed by atoms with E-state index < -0.39 is 96.0 Å². The Kier molecular flexibility index (Phi) is 9.81. The van der Waals surface area contributed by atoms with Gasteiger partial charge in [0.05, 0.1) is 0 Å². The summed E-state index contributed by atoms with van der Waals surface area (Å²) in [5.41, 5.74) is 9.06. The molecular formula is C24H32N6O13. The van der Waals surface area contributed by atoms with Gasteiger partial charge in [-0.05, 0) is 25.3 Å². The van der Waals surface area contributed by atoms with Gasteiger partial charge in [0, 0.05) is 25.9 Å². The first-order valence-electron chi connectivity index (χ1n) is 13.1. The molecule has 9 N–H and O–H groups in total. The second-order valence-electron chi connectivity index (χ2n) is 9.88. The van der Waals surface area contributed by atoms with E-state index in [4.69, 9.17) is 35.2 Å². The molecule has 19 heteroatoms. The number of aromatic amines is 1. The fourth-order valence-corrected chi connectivity index (χ4v) is 4.93. The zero-order valence-corrected chi connectivity index (χ0v) is 22.7. The predicted molar refractivity (Wildman–Crippen MR) is 138 cm³/mol. The summed E-state index contributed by atoms with van der Waals surface area (Å²) in [5.74, 6) is -3.04. The van der Waals surface area contributed by atoms with Crippen LogP contribution in [0.25, 0.3) is 0 Å². The minimum absolute atomic E-state index is 0.352. The molecule has 3 aliphatic rings. The van der Waals surface area contributed by atoms with Gasteiger partial charge in [-0.15, -0.1) is 0 Å². The van der Waals surface area contributed by atoms with Crippen LogP contribution < -0.4 is 33.3 Å². The van der Waals surface area contributed by atoms with E-state index in [0.717, 1.165) is 36.4 Å². The fraction of sp³-hybridized carbons (Fsp3) is 0.583. The Labute approximate surface area is 242 Å². The van der Waals surface area contributed by atoms with Crippen LogP contribution in [0, 0.1) is 0 Å². The number of nitrogens with zero attached hydrogens (tertiary/aromatic N) is 1. The average Bonchev–Trinajstić information content (AvgIpc) is 3.15. The third-order valence-electron chi connectivity index (χ3n) is 6.99. The summed E-state index contributed by atoms with van der Waals surface area (Å²) in [7, 11) is 1.15. The molecule has 4 rings (SSSR count). The third-order valence-corrected chi connectivity index (χ3v) is 6.99. The molecule has 2 saturated heterocycles. The molecule has 1 aromatic heterocycles. The number of ether oxygens (including phenoxy) is 5. The Bertz CT molecular complexity index is 1380. The van der Waals surface area contributed by atoms with Gasteiger partial charge < -0.3 is 56.0 Å². The molecule has 43 heavy (non-hydrogen) atoms. The van der Waals surface area contributed by atoms with E-state index in [1.165, 1.54) is 0 Å². The Morgan fingerprint density at radius 2 is 1.91 bits per heavy atom. The quantitative estimate of drug-likeness (QED) is 0.139. The molecule has 0 radical (unpaired) electrons. The molecule has 9 atom stereocenters. The molecule has 0 saturated carbocycles. The summed E-state index contributed by atoms with van der Waals surface area (Å²) in [6, 6.07) is 0.0974. The molecular weight excluding hydrogens is 580 g/mol. The van der Waals surface area contributed by atoms with E-state index in [-0.39, 0.29) is 0 Å². The monoisotopic (exact) mass is 612 g/mol. The number of nitrogens with one attached hydrogen (secondary N) is 3. The lowest BCUT2D eigenvalue weighted by Crippen LogP contribution is -2.54. The average molecular weight is 613 g/mol. The number of amides is 4. The molecule has 3 aliphatic heterocycles. The standard InChI is InChI=1S/C24H32N6O13/c1-39-14-15(41-21(17(14)43-23(26)37)30-7-5-12(32)29-24(30)38)16(18(25)34)42-22-13(33)10(31)8-11(40-22)20(36)28-9-4-2-3-6-27-19(9)35/h5,7-10,13-17,21-22,31,33H,2-4,6H2,1H3,(H2,25,34)(H2,26,37)(H,27,35)(H,28,36)(H,29,32,38). The number of H-pyrrole nitrogens is 1. The number of rotatable bonds is 9. The van der Waals surface area contributed by atoms with Crippen molar-refractivity contribution in [3.05, 3.63) is 44.9 Å². The van der Waals surface area contributed by atoms with Crippen molar-refractivity contribution >= 4 is 23.8 Å². The van der Waals surface area contributed by atoms with E-state index >= 15 is 0 Å². The maximum atomic E-state index is 12.9. The van der Waals surface area contributed by atoms with Crippen molar-refractivity contribution in [2.24, 2.45) is 11.5 Å². The van der Waals surface area contributed by atoms with Crippen LogP contribution in [-0.2, 0) is 38.1 Å². The predicted octanol–water partition coefficient (Wildman–Crippen LogP) is -4.47. The summed E-state index contributed by atoms with van der Waals surface area (Å²) in [4.78, 5) is 75.5. The van der Waals surface area contributed by atoms with Crippen LogP contribution in [0.1, 0.15) is 25.5 Å². The molecule has 2 fully saturated rings. The Morgan fingerprint density at radius 1 is 1.16 bits per heavy atom. The Hall–Kier alpha value is -4.30. The number of nitrogens with two attached hydrogens (primary N) is 2. The van der Waals surface area contributed by atoms with Crippen molar-refractivity contribution in [2.75, 3.05) is 13.7 Å². The van der Waals surface area contributed by atoms with Crippen LogP contribution in [0.5, 0.6) is 0 Å². The zero-order chi connectivity index (χ0) is 31.4. The summed E-state index contributed by atoms with van der Waals surface area (Å²) in [5, 5.41) is 26.1. The maximum Gasteiger partial charge on any atom is 0.405 e. The summed E-state index contributed by atoms with van der Waals surface area (Å²) in [6.07, 6.45) is -10.9. The van der Waals surface area contributed by atoms with Gasteiger partial charge in [0.25, 0.3) is 11.5 Å². The van der Waals surface area contributed by atoms with E-state index in [1.54, 1.807) is 0 Å². The van der Waals surface area contributed by atoms with E-state index in [9.17, 15) is 39.0 Å². The largest absolute Gasteiger partial charge is 0.456 e. The fourth-order valence-electron chi connectivity index (χ4n) is 4.93. The molecule has 0 aromatic carbocycles. The van der Waals surface area contributed by atoms with Crippen LogP contribution in [0.2, 0.25) is 0 Å². The molecule has 1 aromatic rings. The summed E-state index contributed by atoms with van der Waals surface area (Å²) >= 11 is 0. The van der Waals surface area contributed by atoms with E-state index in [1.807, 2.05) is 4.98 Å². The number of hydrogen-bond acceptors (Lipinski definition) is 13. The number of methoxy groups -OCH3 is 1. The first-order chi connectivity index (χ1) is 20.4. The number of aliphatic hydroxyl groups is 2. The van der Waals surface area contributed by atoms with Crippen molar-refractivity contribution < 1.29 is 53.1 Å². The molecule has 4 heterocycles. The second-order valence-corrected chi connectivity index (χ2v) is 9.88. The van der Waals surface area contributed by atoms with Crippen LogP contribution in [0.3, 0.4) is 0 Å². The number of carbonyl (C=O) groups is 4. The molecule has 4 amide bonds. The SMILES string of the molecule is COC1C(C(OC2OC(C(=O)NC3CCCCNC3=O)=CC(O)C2O)C(N)=O)OC(n2ccc(=O)[nH]c2=O)C1OC(N)=O. The van der Waals surface area contributed by atoms with Crippen molar-refractivity contribution in [3.63, 3.8) is 0 Å². The van der Waals surface area contributed by atoms with Crippen LogP contribution >= 0.6 is 0 Å². The van der Waals surface area contributed by atoms with Gasteiger partial charge in [-0.1, -0.05) is 0 Å². The van der Waals surface area contributed by atoms with Gasteiger partial charge in [0.15, 0.2) is 24.2 Å². The molecule has 0 spiro atoms. The maximum absolute atomic E-state index is 12.9. The highest BCUT2D eigenvalue weighted by atomic mass is 16.7. The van der Waals surface area contributed by atoms with E-state index in [2.05, 4.69) is 10.6 Å². The number of primary amides is 2. The summed E-state index contributed by atoms with van der Waals surface area (Å²) < 4.78 is 28.2. The lowest BCUT2D eigenvalue weighted by atomic mass is 10.0. The van der Waals surface area contributed by atoms with Crippen molar-refractivity contribution in [2.45, 2.75) is 74.4 Å². The molecule has 0 aliphatic carbocycles. The smallest absolute Gasteiger partial charge is 0.405 e. The molecule has 0 bridgehead atoms. The normalized spacial score (nSPS) is 31.5. The number of carbonyl (C=O) groups excluding carboxylic acids is 4. The van der Waals surface area contributed by atoms with Crippen molar-refractivity contribution in [1.82, 2.24) is 20.2 Å². The van der Waals surface area contributed by atoms with Gasteiger partial charge >= 0.3 is 11.8 Å². The Balaban J connectivity index is 1.58. The second kappa shape index (κ2) is 13.3. The van der Waals surface area contributed by atoms with Crippen molar-refractivity contribution in [1.29, 1.82) is 0 Å². The van der Waals surface area contributed by atoms with Crippen LogP contribution in [0.4, 0.5) is 4.79 Å². The highest BCUT2D eigenvalue weighted by molar-refractivity contribution is 5.95. The first-order valence-corrected chi connectivity index (χ1v) is 13.1. The minimum atomic E-state index is -1.90. The topological polar surface area (TPSA) is 286 Å². The number of hydrogen-bond donors (Lipinski definition) is 7. The number of aliphatic hydroxyl groups excluding tert-OH is 2. The lowest BCUT2D eigenvalue weighted by molar-refractivity contribution is -0.241. The third kappa shape index (κ3) is 7.03. The summed E-state index contributed by atoms with van der Waals surface area (Å²) in [6.45, 7) is 0.453. The molecule has 19 nitrogen and oxygen atoms in total. The van der Waals surface area contributed by atoms with Gasteiger partial charge in [-0.25, -0.2) is 9.59 Å². The Morgan fingerprint density at radius 3 is 2.56 bits per heavy atom. The number of aromatic nitrogens is 2. The van der Waals surface area contributed by atoms with Gasteiger partial charge in [-0.3, -0.25) is 28.7 Å². The van der Waals surface area contributed by atoms with Gasteiger partial charge in [0.1, 0.15) is 30.5 Å². The lowest BCUT2D eigenvalue weighted by Gasteiger charge is -2.35. The van der Waals surface area contributed by atoms with Crippen LogP contribution in [0.15, 0.2) is 33.7 Å². The van der Waals surface area contributed by atoms with Crippen molar-refractivity contribution in [3.8, 4) is 0 Å².